The molecule has 8 heteroatoms. The highest BCUT2D eigenvalue weighted by Crippen LogP contribution is 2.60. The molecule has 0 amide bonds. The number of rotatable bonds is 6. The Bertz CT molecular complexity index is 910. The van der Waals surface area contributed by atoms with Gasteiger partial charge in [-0.25, -0.2) is 9.37 Å². The Morgan fingerprint density at radius 1 is 1.14 bits per heavy atom. The maximum Gasteiger partial charge on any atom is 0.442 e. The summed E-state index contributed by atoms with van der Waals surface area (Å²) in [6.07, 6.45) is -4.60. The Kier molecular flexibility index (Phi) is 5.64. The fourth-order valence-corrected chi connectivity index (χ4v) is 3.13. The van der Waals surface area contributed by atoms with Gasteiger partial charge in [-0.2, -0.15) is 13.2 Å². The van der Waals surface area contributed by atoms with Crippen molar-refractivity contribution in [3.8, 4) is 11.6 Å². The van der Waals surface area contributed by atoms with Crippen LogP contribution >= 0.6 is 0 Å². The van der Waals surface area contributed by atoms with E-state index in [1.165, 1.54) is 0 Å². The monoisotopic (exact) mass is 409 g/mol. The highest BCUT2D eigenvalue weighted by molar-refractivity contribution is 5.78. The SMILES string of the molecule is CC1(C)[C@H](/C=C(/F)C(F)(F)F)[C@H]1C(=O)OCc1cccc(Oc2ccccc2)n1. The largest absolute Gasteiger partial charge is 0.459 e. The van der Waals surface area contributed by atoms with Crippen molar-refractivity contribution in [2.45, 2.75) is 26.6 Å². The van der Waals surface area contributed by atoms with Crippen LogP contribution in [-0.2, 0) is 16.1 Å². The number of nitrogens with zero attached hydrogens (tertiary/aromatic N) is 1. The molecule has 1 aromatic heterocycles. The number of benzene rings is 1. The van der Waals surface area contributed by atoms with Crippen LogP contribution in [0.25, 0.3) is 0 Å². The van der Waals surface area contributed by atoms with Crippen LogP contribution in [0.1, 0.15) is 19.5 Å². The summed E-state index contributed by atoms with van der Waals surface area (Å²) in [6.45, 7) is 3.02. The van der Waals surface area contributed by atoms with Gasteiger partial charge in [-0.1, -0.05) is 38.1 Å². The van der Waals surface area contributed by atoms with Crippen LogP contribution in [-0.4, -0.2) is 17.1 Å². The number of para-hydroxylation sites is 1. The summed E-state index contributed by atoms with van der Waals surface area (Å²) >= 11 is 0. The standard InChI is InChI=1S/C21H19F4NO3/c1-20(2)15(11-16(22)21(23,24)25)18(20)19(27)28-12-13-7-6-10-17(26-13)29-14-8-4-3-5-9-14/h3-11,15,18H,12H2,1-2H3/b16-11+/t15-,18+/m1/s1. The number of carbonyl (C=O) groups is 1. The van der Waals surface area contributed by atoms with Crippen molar-refractivity contribution in [1.29, 1.82) is 0 Å². The van der Waals surface area contributed by atoms with Gasteiger partial charge in [0.2, 0.25) is 5.88 Å². The molecule has 1 saturated carbocycles. The Labute approximate surface area is 165 Å². The molecule has 1 aliphatic carbocycles. The first kappa shape index (κ1) is 20.8. The number of esters is 1. The zero-order valence-corrected chi connectivity index (χ0v) is 15.7. The van der Waals surface area contributed by atoms with E-state index >= 15 is 0 Å². The van der Waals surface area contributed by atoms with Crippen molar-refractivity contribution in [1.82, 2.24) is 4.98 Å². The number of carbonyl (C=O) groups excluding carboxylic acids is 1. The van der Waals surface area contributed by atoms with Crippen LogP contribution in [0.4, 0.5) is 17.6 Å². The van der Waals surface area contributed by atoms with Gasteiger partial charge >= 0.3 is 12.1 Å². The van der Waals surface area contributed by atoms with Gasteiger partial charge in [0.1, 0.15) is 12.4 Å². The fourth-order valence-electron chi connectivity index (χ4n) is 3.13. The molecule has 1 heterocycles. The van der Waals surface area contributed by atoms with Crippen LogP contribution in [0.5, 0.6) is 11.6 Å². The first-order valence-electron chi connectivity index (χ1n) is 8.89. The molecule has 1 fully saturated rings. The van der Waals surface area contributed by atoms with Crippen LogP contribution in [0.3, 0.4) is 0 Å². The lowest BCUT2D eigenvalue weighted by molar-refractivity contribution is -0.147. The molecule has 4 nitrogen and oxygen atoms in total. The minimum absolute atomic E-state index is 0.171. The molecule has 0 unspecified atom stereocenters. The first-order valence-corrected chi connectivity index (χ1v) is 8.89. The van der Waals surface area contributed by atoms with Gasteiger partial charge in [0.05, 0.1) is 11.6 Å². The van der Waals surface area contributed by atoms with Crippen LogP contribution in [0.2, 0.25) is 0 Å². The highest BCUT2D eigenvalue weighted by Gasteiger charge is 2.62. The summed E-state index contributed by atoms with van der Waals surface area (Å²) in [5.41, 5.74) is -0.399. The van der Waals surface area contributed by atoms with E-state index in [2.05, 4.69) is 4.98 Å². The van der Waals surface area contributed by atoms with Gasteiger partial charge in [0, 0.05) is 6.07 Å². The number of halogens is 4. The molecule has 0 N–H and O–H groups in total. The predicted molar refractivity (Wildman–Crippen MR) is 96.6 cm³/mol. The number of pyridine rings is 1. The summed E-state index contributed by atoms with van der Waals surface area (Å²) in [7, 11) is 0. The fraction of sp³-hybridized carbons (Fsp3) is 0.333. The number of allylic oxidation sites excluding steroid dienone is 2. The maximum absolute atomic E-state index is 13.2. The van der Waals surface area contributed by atoms with E-state index in [0.29, 0.717) is 23.4 Å². The topological polar surface area (TPSA) is 48.4 Å². The van der Waals surface area contributed by atoms with Crippen molar-refractivity contribution in [2.75, 3.05) is 0 Å². The Balaban J connectivity index is 1.60. The Hall–Kier alpha value is -2.90. The van der Waals surface area contributed by atoms with E-state index in [9.17, 15) is 22.4 Å². The minimum atomic E-state index is -5.06. The van der Waals surface area contributed by atoms with Crippen molar-refractivity contribution in [2.24, 2.45) is 17.3 Å². The second kappa shape index (κ2) is 7.85. The molecule has 154 valence electrons. The predicted octanol–water partition coefficient (Wildman–Crippen LogP) is 5.61. The molecular formula is C21H19F4NO3. The third kappa shape index (κ3) is 4.93. The summed E-state index contributed by atoms with van der Waals surface area (Å²) < 4.78 is 61.2. The van der Waals surface area contributed by atoms with Gasteiger partial charge in [-0.3, -0.25) is 4.79 Å². The highest BCUT2D eigenvalue weighted by atomic mass is 19.4. The molecule has 3 rings (SSSR count). The van der Waals surface area contributed by atoms with Crippen LogP contribution < -0.4 is 4.74 Å². The van der Waals surface area contributed by atoms with E-state index in [-0.39, 0.29) is 6.61 Å². The maximum atomic E-state index is 13.2. The minimum Gasteiger partial charge on any atom is -0.459 e. The molecule has 2 aromatic rings. The van der Waals surface area contributed by atoms with Crippen molar-refractivity contribution in [3.63, 3.8) is 0 Å². The van der Waals surface area contributed by atoms with E-state index in [1.54, 1.807) is 44.2 Å². The number of alkyl halides is 3. The summed E-state index contributed by atoms with van der Waals surface area (Å²) in [4.78, 5) is 16.5. The smallest absolute Gasteiger partial charge is 0.442 e. The number of hydrogen-bond acceptors (Lipinski definition) is 4. The van der Waals surface area contributed by atoms with E-state index in [1.807, 2.05) is 18.2 Å². The Morgan fingerprint density at radius 3 is 2.48 bits per heavy atom. The van der Waals surface area contributed by atoms with Crippen LogP contribution in [0, 0.1) is 17.3 Å². The molecule has 0 radical (unpaired) electrons. The number of ether oxygens (including phenoxy) is 2. The average Bonchev–Trinajstić information content (AvgIpc) is 3.20. The lowest BCUT2D eigenvalue weighted by Crippen LogP contribution is -2.11. The van der Waals surface area contributed by atoms with Gasteiger partial charge < -0.3 is 9.47 Å². The summed E-state index contributed by atoms with van der Waals surface area (Å²) in [5, 5.41) is 0. The molecule has 2 atom stereocenters. The number of aromatic nitrogens is 1. The third-order valence-corrected chi connectivity index (χ3v) is 4.87. The molecule has 0 aliphatic heterocycles. The molecular weight excluding hydrogens is 390 g/mol. The third-order valence-electron chi connectivity index (χ3n) is 4.87. The molecule has 1 aromatic carbocycles. The van der Waals surface area contributed by atoms with E-state index in [4.69, 9.17) is 9.47 Å². The lowest BCUT2D eigenvalue weighted by atomic mass is 10.1. The average molecular weight is 409 g/mol. The van der Waals surface area contributed by atoms with Crippen LogP contribution in [0.15, 0.2) is 60.4 Å². The molecule has 29 heavy (non-hydrogen) atoms. The van der Waals surface area contributed by atoms with E-state index in [0.717, 1.165) is 0 Å². The van der Waals surface area contributed by atoms with Crippen molar-refractivity contribution >= 4 is 5.97 Å². The molecule has 0 saturated heterocycles. The van der Waals surface area contributed by atoms with Gasteiger partial charge in [-0.05, 0) is 35.6 Å². The zero-order chi connectivity index (χ0) is 21.2. The molecule has 1 aliphatic rings. The van der Waals surface area contributed by atoms with Gasteiger partial charge in [-0.15, -0.1) is 0 Å². The second-order valence-corrected chi connectivity index (χ2v) is 7.33. The normalized spacial score (nSPS) is 20.8. The van der Waals surface area contributed by atoms with E-state index < -0.39 is 35.2 Å². The van der Waals surface area contributed by atoms with Gasteiger partial charge in [0.15, 0.2) is 5.83 Å². The number of hydrogen-bond donors (Lipinski definition) is 0. The van der Waals surface area contributed by atoms with Gasteiger partial charge in [0.25, 0.3) is 0 Å². The molecule has 0 spiro atoms. The summed E-state index contributed by atoms with van der Waals surface area (Å²) in [5.74, 6) is -3.71. The van der Waals surface area contributed by atoms with Crippen molar-refractivity contribution in [3.05, 3.63) is 66.1 Å². The first-order chi connectivity index (χ1) is 13.6. The quantitative estimate of drug-likeness (QED) is 0.460. The second-order valence-electron chi connectivity index (χ2n) is 7.33. The zero-order valence-electron chi connectivity index (χ0n) is 15.7. The summed E-state index contributed by atoms with van der Waals surface area (Å²) in [6, 6.07) is 13.9. The lowest BCUT2D eigenvalue weighted by Gasteiger charge is -2.08. The molecule has 0 bridgehead atoms. The van der Waals surface area contributed by atoms with Crippen molar-refractivity contribution < 1.29 is 31.8 Å². The Morgan fingerprint density at radius 2 is 1.83 bits per heavy atom.